The quantitative estimate of drug-likeness (QED) is 0.254. The fourth-order valence-corrected chi connectivity index (χ4v) is 4.47. The van der Waals surface area contributed by atoms with Gasteiger partial charge in [0.25, 0.3) is 11.7 Å². The van der Waals surface area contributed by atoms with Gasteiger partial charge in [0.15, 0.2) is 0 Å². The zero-order valence-electron chi connectivity index (χ0n) is 20.4. The van der Waals surface area contributed by atoms with E-state index in [2.05, 4.69) is 13.8 Å². The van der Waals surface area contributed by atoms with Gasteiger partial charge in [-0.3, -0.25) is 9.59 Å². The highest BCUT2D eigenvalue weighted by molar-refractivity contribution is 6.46. The summed E-state index contributed by atoms with van der Waals surface area (Å²) < 4.78 is 5.57. The monoisotopic (exact) mass is 469 g/mol. The van der Waals surface area contributed by atoms with E-state index in [0.717, 1.165) is 11.1 Å². The van der Waals surface area contributed by atoms with Crippen LogP contribution in [0.5, 0.6) is 5.75 Å². The van der Waals surface area contributed by atoms with E-state index in [-0.39, 0.29) is 11.3 Å². The molecular formula is C30H31NO4. The molecule has 180 valence electrons. The molecule has 1 saturated heterocycles. The molecule has 1 heterocycles. The molecule has 1 fully saturated rings. The predicted molar refractivity (Wildman–Crippen MR) is 137 cm³/mol. The van der Waals surface area contributed by atoms with E-state index < -0.39 is 17.7 Å². The molecule has 0 aromatic heterocycles. The number of carbonyl (C=O) groups excluding carboxylic acids is 2. The van der Waals surface area contributed by atoms with Crippen molar-refractivity contribution < 1.29 is 19.4 Å². The van der Waals surface area contributed by atoms with Crippen molar-refractivity contribution in [3.8, 4) is 5.75 Å². The number of likely N-dealkylation sites (tertiary alicyclic amines) is 1. The van der Waals surface area contributed by atoms with Crippen LogP contribution < -0.4 is 4.74 Å². The van der Waals surface area contributed by atoms with Crippen molar-refractivity contribution in [2.75, 3.05) is 13.2 Å². The fraction of sp³-hybridized carbons (Fsp3) is 0.267. The van der Waals surface area contributed by atoms with Gasteiger partial charge >= 0.3 is 0 Å². The zero-order valence-corrected chi connectivity index (χ0v) is 20.4. The summed E-state index contributed by atoms with van der Waals surface area (Å²) in [7, 11) is 0. The van der Waals surface area contributed by atoms with Crippen molar-refractivity contribution in [3.05, 3.63) is 107 Å². The van der Waals surface area contributed by atoms with E-state index in [1.165, 1.54) is 5.56 Å². The van der Waals surface area contributed by atoms with Crippen molar-refractivity contribution in [1.29, 1.82) is 0 Å². The SMILES string of the molecule is CCOc1cccc(C(O)=C2C(=O)C(=O)N(CCc3ccccc3)C2c2ccc(C(C)C)cc2)c1. The Balaban J connectivity index is 1.78. The number of hydrogen-bond acceptors (Lipinski definition) is 4. The van der Waals surface area contributed by atoms with E-state index in [0.29, 0.717) is 36.8 Å². The first-order chi connectivity index (χ1) is 16.9. The van der Waals surface area contributed by atoms with Crippen LogP contribution in [0.1, 0.15) is 55.0 Å². The maximum atomic E-state index is 13.3. The minimum atomic E-state index is -0.671. The first-order valence-electron chi connectivity index (χ1n) is 12.1. The Bertz CT molecular complexity index is 1230. The van der Waals surface area contributed by atoms with E-state index in [1.54, 1.807) is 29.2 Å². The molecule has 3 aromatic rings. The minimum Gasteiger partial charge on any atom is -0.507 e. The fourth-order valence-electron chi connectivity index (χ4n) is 4.47. The molecule has 0 spiro atoms. The number of aliphatic hydroxyl groups excluding tert-OH is 1. The average molecular weight is 470 g/mol. The Morgan fingerprint density at radius 3 is 2.34 bits per heavy atom. The molecule has 0 saturated carbocycles. The topological polar surface area (TPSA) is 66.8 Å². The van der Waals surface area contributed by atoms with Gasteiger partial charge in [-0.05, 0) is 48.1 Å². The second-order valence-corrected chi connectivity index (χ2v) is 9.01. The van der Waals surface area contributed by atoms with Crippen LogP contribution in [0.4, 0.5) is 0 Å². The number of carbonyl (C=O) groups is 2. The molecule has 1 unspecified atom stereocenters. The standard InChI is InChI=1S/C30H31NO4/c1-4-35-25-12-8-11-24(19-25)28(32)26-27(23-15-13-22(14-16-23)20(2)3)31(30(34)29(26)33)18-17-21-9-6-5-7-10-21/h5-16,19-20,27,32H,4,17-18H2,1-3H3. The molecule has 1 aliphatic heterocycles. The van der Waals surface area contributed by atoms with Crippen LogP contribution in [0, 0.1) is 0 Å². The van der Waals surface area contributed by atoms with Crippen molar-refractivity contribution >= 4 is 17.4 Å². The molecule has 1 atom stereocenters. The van der Waals surface area contributed by atoms with Crippen molar-refractivity contribution in [2.45, 2.75) is 39.2 Å². The highest BCUT2D eigenvalue weighted by atomic mass is 16.5. The lowest BCUT2D eigenvalue weighted by Crippen LogP contribution is -2.31. The van der Waals surface area contributed by atoms with Gasteiger partial charge in [0.2, 0.25) is 0 Å². The Morgan fingerprint density at radius 1 is 0.971 bits per heavy atom. The molecule has 0 bridgehead atoms. The highest BCUT2D eigenvalue weighted by Gasteiger charge is 2.45. The van der Waals surface area contributed by atoms with E-state index in [9.17, 15) is 14.7 Å². The maximum absolute atomic E-state index is 13.3. The van der Waals surface area contributed by atoms with Gasteiger partial charge in [0.05, 0.1) is 18.2 Å². The number of rotatable bonds is 8. The minimum absolute atomic E-state index is 0.106. The summed E-state index contributed by atoms with van der Waals surface area (Å²) in [5.41, 5.74) is 3.59. The molecule has 0 aliphatic carbocycles. The molecule has 5 heteroatoms. The first-order valence-corrected chi connectivity index (χ1v) is 12.1. The van der Waals surface area contributed by atoms with E-state index >= 15 is 0 Å². The van der Waals surface area contributed by atoms with Gasteiger partial charge in [0, 0.05) is 12.1 Å². The Hall–Kier alpha value is -3.86. The zero-order chi connectivity index (χ0) is 24.9. The largest absolute Gasteiger partial charge is 0.507 e. The van der Waals surface area contributed by atoms with Gasteiger partial charge in [-0.1, -0.05) is 80.6 Å². The number of nitrogens with zero attached hydrogens (tertiary/aromatic N) is 1. The number of hydrogen-bond donors (Lipinski definition) is 1. The molecule has 1 aliphatic rings. The summed E-state index contributed by atoms with van der Waals surface area (Å²) >= 11 is 0. The van der Waals surface area contributed by atoms with Crippen LogP contribution in [0.15, 0.2) is 84.4 Å². The molecule has 1 N–H and O–H groups in total. The second-order valence-electron chi connectivity index (χ2n) is 9.01. The van der Waals surface area contributed by atoms with Crippen LogP contribution in [-0.4, -0.2) is 34.8 Å². The Labute approximate surface area is 206 Å². The predicted octanol–water partition coefficient (Wildman–Crippen LogP) is 5.87. The molecule has 4 rings (SSSR count). The Kier molecular flexibility index (Phi) is 7.35. The summed E-state index contributed by atoms with van der Waals surface area (Å²) in [5, 5.41) is 11.3. The smallest absolute Gasteiger partial charge is 0.295 e. The summed E-state index contributed by atoms with van der Waals surface area (Å²) in [6.45, 7) is 6.96. The normalized spacial score (nSPS) is 17.3. The van der Waals surface area contributed by atoms with Gasteiger partial charge in [0.1, 0.15) is 11.5 Å². The molecule has 0 radical (unpaired) electrons. The molecule has 1 amide bonds. The van der Waals surface area contributed by atoms with Crippen LogP contribution >= 0.6 is 0 Å². The summed E-state index contributed by atoms with van der Waals surface area (Å²) in [6.07, 6.45) is 0.605. The van der Waals surface area contributed by atoms with Gasteiger partial charge in [-0.25, -0.2) is 0 Å². The second kappa shape index (κ2) is 10.6. The van der Waals surface area contributed by atoms with Crippen molar-refractivity contribution in [1.82, 2.24) is 4.90 Å². The molecule has 3 aromatic carbocycles. The number of ether oxygens (including phenoxy) is 1. The van der Waals surface area contributed by atoms with Crippen LogP contribution in [0.3, 0.4) is 0 Å². The number of Topliss-reactive ketones (excluding diaryl/α,β-unsaturated/α-hetero) is 1. The Morgan fingerprint density at radius 2 is 1.69 bits per heavy atom. The lowest BCUT2D eigenvalue weighted by Gasteiger charge is -2.26. The van der Waals surface area contributed by atoms with Crippen LogP contribution in [0.25, 0.3) is 5.76 Å². The van der Waals surface area contributed by atoms with Crippen LogP contribution in [0.2, 0.25) is 0 Å². The number of ketones is 1. The third-order valence-electron chi connectivity index (χ3n) is 6.36. The average Bonchev–Trinajstić information content (AvgIpc) is 3.13. The number of amides is 1. The van der Waals surface area contributed by atoms with E-state index in [4.69, 9.17) is 4.74 Å². The van der Waals surface area contributed by atoms with Gasteiger partial charge < -0.3 is 14.7 Å². The molecular weight excluding hydrogens is 438 g/mol. The summed E-state index contributed by atoms with van der Waals surface area (Å²) in [5.74, 6) is -0.510. The van der Waals surface area contributed by atoms with Crippen LogP contribution in [-0.2, 0) is 16.0 Å². The van der Waals surface area contributed by atoms with E-state index in [1.807, 2.05) is 61.5 Å². The van der Waals surface area contributed by atoms with Gasteiger partial charge in [-0.15, -0.1) is 0 Å². The highest BCUT2D eigenvalue weighted by Crippen LogP contribution is 2.40. The molecule has 5 nitrogen and oxygen atoms in total. The first kappa shape index (κ1) is 24.3. The lowest BCUT2D eigenvalue weighted by molar-refractivity contribution is -0.139. The lowest BCUT2D eigenvalue weighted by atomic mass is 9.93. The third kappa shape index (κ3) is 5.14. The summed E-state index contributed by atoms with van der Waals surface area (Å²) in [4.78, 5) is 28.1. The number of benzene rings is 3. The van der Waals surface area contributed by atoms with Crippen molar-refractivity contribution in [2.24, 2.45) is 0 Å². The third-order valence-corrected chi connectivity index (χ3v) is 6.36. The summed E-state index contributed by atoms with van der Waals surface area (Å²) in [6, 6.07) is 24.1. The number of aliphatic hydroxyl groups is 1. The van der Waals surface area contributed by atoms with Gasteiger partial charge in [-0.2, -0.15) is 0 Å². The van der Waals surface area contributed by atoms with Crippen molar-refractivity contribution in [3.63, 3.8) is 0 Å². The maximum Gasteiger partial charge on any atom is 0.295 e. The molecule has 35 heavy (non-hydrogen) atoms.